The van der Waals surface area contributed by atoms with Crippen LogP contribution in [0.3, 0.4) is 0 Å². The molecule has 5 heteroatoms. The summed E-state index contributed by atoms with van der Waals surface area (Å²) in [6.07, 6.45) is 6.08. The van der Waals surface area contributed by atoms with Crippen molar-refractivity contribution in [2.75, 3.05) is 0 Å². The number of aryl methyl sites for hydroxylation is 1. The summed E-state index contributed by atoms with van der Waals surface area (Å²) in [6, 6.07) is 13.1. The highest BCUT2D eigenvalue weighted by atomic mass is 32.2. The van der Waals surface area contributed by atoms with E-state index in [0.717, 1.165) is 24.0 Å². The number of carbonyl (C=O) groups excluding carboxylic acids is 1. The van der Waals surface area contributed by atoms with E-state index in [1.54, 1.807) is 19.1 Å². The fourth-order valence-electron chi connectivity index (χ4n) is 3.14. The van der Waals surface area contributed by atoms with Crippen molar-refractivity contribution in [3.63, 3.8) is 0 Å². The summed E-state index contributed by atoms with van der Waals surface area (Å²) in [5, 5.41) is 0.510. The molecule has 3 rings (SSSR count). The highest BCUT2D eigenvalue weighted by Gasteiger charge is 2.17. The molecule has 0 aliphatic heterocycles. The number of hydrazine groups is 1. The molecule has 0 unspecified atom stereocenters. The van der Waals surface area contributed by atoms with Crippen LogP contribution in [0.25, 0.3) is 11.1 Å². The maximum absolute atomic E-state index is 14.4. The Kier molecular flexibility index (Phi) is 6.10. The third-order valence-electron chi connectivity index (χ3n) is 4.55. The van der Waals surface area contributed by atoms with E-state index in [0.29, 0.717) is 10.8 Å². The highest BCUT2D eigenvalue weighted by molar-refractivity contribution is 7.98. The summed E-state index contributed by atoms with van der Waals surface area (Å²) < 4.78 is 14.4. The first-order valence-corrected chi connectivity index (χ1v) is 9.59. The molecule has 0 spiro atoms. The summed E-state index contributed by atoms with van der Waals surface area (Å²) in [7, 11) is 0. The Hall–Kier alpha value is -1.85. The molecule has 1 saturated carbocycles. The quantitative estimate of drug-likeness (QED) is 0.583. The standard InChI is InChI=1S/C20H23FN2OS/c1-14-12-16(15-8-4-2-5-9-15)13-18(19(14)21)20(24)22-23-25-17-10-6-3-7-11-17/h2,4-5,8-9,12-13,17,23H,3,6-7,10-11H2,1H3,(H,22,24). The molecule has 1 fully saturated rings. The van der Waals surface area contributed by atoms with Gasteiger partial charge in [-0.15, -0.1) is 0 Å². The number of rotatable bonds is 5. The second kappa shape index (κ2) is 8.50. The van der Waals surface area contributed by atoms with Crippen LogP contribution in [0.5, 0.6) is 0 Å². The molecule has 2 aromatic rings. The molecule has 1 aliphatic carbocycles. The first-order chi connectivity index (χ1) is 12.1. The zero-order valence-electron chi connectivity index (χ0n) is 14.3. The van der Waals surface area contributed by atoms with Gasteiger partial charge in [-0.25, -0.2) is 4.39 Å². The predicted molar refractivity (Wildman–Crippen MR) is 102 cm³/mol. The van der Waals surface area contributed by atoms with E-state index in [1.807, 2.05) is 30.3 Å². The second-order valence-corrected chi connectivity index (χ2v) is 7.56. The Balaban J connectivity index is 1.69. The van der Waals surface area contributed by atoms with Crippen LogP contribution in [-0.2, 0) is 0 Å². The van der Waals surface area contributed by atoms with Gasteiger partial charge >= 0.3 is 0 Å². The van der Waals surface area contributed by atoms with Crippen molar-refractivity contribution in [1.82, 2.24) is 10.3 Å². The number of halogens is 1. The number of hydrogen-bond acceptors (Lipinski definition) is 3. The number of carbonyl (C=O) groups is 1. The van der Waals surface area contributed by atoms with Gasteiger partial charge in [0.15, 0.2) is 0 Å². The minimum absolute atomic E-state index is 0.0654. The van der Waals surface area contributed by atoms with E-state index in [9.17, 15) is 9.18 Å². The third kappa shape index (κ3) is 4.61. The molecule has 25 heavy (non-hydrogen) atoms. The lowest BCUT2D eigenvalue weighted by Gasteiger charge is -2.21. The largest absolute Gasteiger partial charge is 0.277 e. The van der Waals surface area contributed by atoms with Crippen molar-refractivity contribution >= 4 is 17.9 Å². The van der Waals surface area contributed by atoms with Crippen LogP contribution < -0.4 is 10.3 Å². The number of benzene rings is 2. The van der Waals surface area contributed by atoms with Gasteiger partial charge in [-0.2, -0.15) is 4.83 Å². The predicted octanol–water partition coefficient (Wildman–Crippen LogP) is 5.02. The topological polar surface area (TPSA) is 41.1 Å². The first-order valence-electron chi connectivity index (χ1n) is 8.71. The van der Waals surface area contributed by atoms with Gasteiger partial charge in [0.1, 0.15) is 5.82 Å². The SMILES string of the molecule is Cc1cc(-c2ccccc2)cc(C(=O)NNSC2CCCCC2)c1F. The molecule has 3 nitrogen and oxygen atoms in total. The lowest BCUT2D eigenvalue weighted by molar-refractivity contribution is 0.0942. The van der Waals surface area contributed by atoms with Crippen LogP contribution >= 0.6 is 11.9 Å². The van der Waals surface area contributed by atoms with E-state index in [2.05, 4.69) is 10.3 Å². The van der Waals surface area contributed by atoms with Gasteiger partial charge in [-0.3, -0.25) is 10.2 Å². The van der Waals surface area contributed by atoms with Gasteiger partial charge in [0.05, 0.1) is 5.56 Å². The van der Waals surface area contributed by atoms with Crippen LogP contribution in [0, 0.1) is 12.7 Å². The van der Waals surface area contributed by atoms with E-state index >= 15 is 0 Å². The normalized spacial score (nSPS) is 15.1. The molecule has 0 bridgehead atoms. The third-order valence-corrected chi connectivity index (χ3v) is 5.57. The van der Waals surface area contributed by atoms with E-state index < -0.39 is 11.7 Å². The lowest BCUT2D eigenvalue weighted by atomic mass is 9.99. The van der Waals surface area contributed by atoms with Gasteiger partial charge in [-0.05, 0) is 48.6 Å². The molecule has 0 heterocycles. The summed E-state index contributed by atoms with van der Waals surface area (Å²) in [6.45, 7) is 1.68. The molecule has 2 aromatic carbocycles. The monoisotopic (exact) mass is 358 g/mol. The van der Waals surface area contributed by atoms with E-state index in [4.69, 9.17) is 0 Å². The molecular weight excluding hydrogens is 335 g/mol. The maximum Gasteiger partial charge on any atom is 0.269 e. The lowest BCUT2D eigenvalue weighted by Crippen LogP contribution is -2.35. The van der Waals surface area contributed by atoms with Crippen molar-refractivity contribution in [2.24, 2.45) is 0 Å². The number of amides is 1. The molecule has 2 N–H and O–H groups in total. The molecule has 1 amide bonds. The van der Waals surface area contributed by atoms with Gasteiger partial charge in [0.25, 0.3) is 5.91 Å². The Morgan fingerprint density at radius 3 is 2.52 bits per heavy atom. The van der Waals surface area contributed by atoms with Gasteiger partial charge in [0, 0.05) is 5.25 Å². The van der Waals surface area contributed by atoms with Crippen molar-refractivity contribution in [2.45, 2.75) is 44.3 Å². The van der Waals surface area contributed by atoms with Crippen LogP contribution in [-0.4, -0.2) is 11.2 Å². The van der Waals surface area contributed by atoms with Crippen LogP contribution in [0.4, 0.5) is 4.39 Å². The Labute approximate surface area is 152 Å². The highest BCUT2D eigenvalue weighted by Crippen LogP contribution is 2.27. The first kappa shape index (κ1) is 18.0. The van der Waals surface area contributed by atoms with Gasteiger partial charge in [-0.1, -0.05) is 61.5 Å². The minimum atomic E-state index is -0.471. The van der Waals surface area contributed by atoms with Gasteiger partial charge < -0.3 is 0 Å². The van der Waals surface area contributed by atoms with Crippen molar-refractivity contribution in [3.05, 3.63) is 59.4 Å². The molecule has 0 atom stereocenters. The summed E-state index contributed by atoms with van der Waals surface area (Å²) in [5.41, 5.74) is 4.96. The average molecular weight is 358 g/mol. The zero-order chi connectivity index (χ0) is 17.6. The molecule has 1 aliphatic rings. The molecule has 0 saturated heterocycles. The molecule has 0 aromatic heterocycles. The summed E-state index contributed by atoms with van der Waals surface area (Å²) in [4.78, 5) is 15.3. The smallest absolute Gasteiger partial charge is 0.269 e. The summed E-state index contributed by atoms with van der Waals surface area (Å²) in [5.74, 6) is -0.914. The van der Waals surface area contributed by atoms with E-state index in [1.165, 1.54) is 31.2 Å². The fraction of sp³-hybridized carbons (Fsp3) is 0.350. The summed E-state index contributed by atoms with van der Waals surface area (Å²) >= 11 is 1.53. The average Bonchev–Trinajstić information content (AvgIpc) is 2.65. The molecule has 132 valence electrons. The van der Waals surface area contributed by atoms with Crippen molar-refractivity contribution in [1.29, 1.82) is 0 Å². The molecule has 0 radical (unpaired) electrons. The van der Waals surface area contributed by atoms with Crippen molar-refractivity contribution in [3.8, 4) is 11.1 Å². The minimum Gasteiger partial charge on any atom is -0.277 e. The Bertz CT molecular complexity index is 730. The number of nitrogens with one attached hydrogen (secondary N) is 2. The van der Waals surface area contributed by atoms with Gasteiger partial charge in [0.2, 0.25) is 0 Å². The van der Waals surface area contributed by atoms with Crippen LogP contribution in [0.2, 0.25) is 0 Å². The van der Waals surface area contributed by atoms with Crippen molar-refractivity contribution < 1.29 is 9.18 Å². The molecular formula is C20H23FN2OS. The van der Waals surface area contributed by atoms with Crippen LogP contribution in [0.15, 0.2) is 42.5 Å². The Morgan fingerprint density at radius 1 is 1.08 bits per heavy atom. The zero-order valence-corrected chi connectivity index (χ0v) is 15.2. The maximum atomic E-state index is 14.4. The fourth-order valence-corrected chi connectivity index (χ4v) is 4.03. The Morgan fingerprint density at radius 2 is 1.80 bits per heavy atom. The van der Waals surface area contributed by atoms with E-state index in [-0.39, 0.29) is 5.56 Å². The number of hydrogen-bond donors (Lipinski definition) is 2. The van der Waals surface area contributed by atoms with Crippen LogP contribution in [0.1, 0.15) is 48.0 Å². The second-order valence-electron chi connectivity index (χ2n) is 6.45.